The van der Waals surface area contributed by atoms with Crippen molar-refractivity contribution in [2.75, 3.05) is 31.1 Å². The van der Waals surface area contributed by atoms with E-state index in [-0.39, 0.29) is 30.3 Å². The topological polar surface area (TPSA) is 104 Å². The summed E-state index contributed by atoms with van der Waals surface area (Å²) in [5.74, 6) is 0.921. The van der Waals surface area contributed by atoms with E-state index in [1.807, 2.05) is 36.4 Å². The zero-order valence-corrected chi connectivity index (χ0v) is 25.6. The Morgan fingerprint density at radius 2 is 1.57 bits per heavy atom. The SMILES string of the molecule is C[C@H]1CN(Cc2ccc(OCc3ccc(OC(F)(F)F)cc3)cc2)CCN1c1ccc(OC[C@@H]2CCn3cc([N+](=O)[O-])nc3O2)cc1. The Balaban J connectivity index is 0.930. The number of anilines is 1. The van der Waals surface area contributed by atoms with E-state index in [0.717, 1.165) is 48.7 Å². The van der Waals surface area contributed by atoms with Gasteiger partial charge in [-0.05, 0) is 71.5 Å². The number of ether oxygens (including phenoxy) is 4. The first-order valence-electron chi connectivity index (χ1n) is 15.2. The molecular weight excluding hydrogens is 619 g/mol. The summed E-state index contributed by atoms with van der Waals surface area (Å²) in [6.07, 6.45) is -2.90. The van der Waals surface area contributed by atoms with Gasteiger partial charge in [-0.2, -0.15) is 0 Å². The predicted molar refractivity (Wildman–Crippen MR) is 166 cm³/mol. The molecule has 2 aliphatic rings. The van der Waals surface area contributed by atoms with Crippen LogP contribution in [0.4, 0.5) is 24.7 Å². The maximum absolute atomic E-state index is 12.3. The number of fused-ring (bicyclic) bond motifs is 1. The highest BCUT2D eigenvalue weighted by atomic mass is 19.4. The molecule has 248 valence electrons. The Kier molecular flexibility index (Phi) is 9.38. The van der Waals surface area contributed by atoms with Gasteiger partial charge in [-0.1, -0.05) is 24.3 Å². The number of alkyl halides is 3. The van der Waals surface area contributed by atoms with Gasteiger partial charge in [0.05, 0.1) is 0 Å². The average molecular weight is 654 g/mol. The number of benzene rings is 3. The molecule has 47 heavy (non-hydrogen) atoms. The van der Waals surface area contributed by atoms with Crippen LogP contribution in [0.2, 0.25) is 0 Å². The van der Waals surface area contributed by atoms with Crippen molar-refractivity contribution in [1.29, 1.82) is 0 Å². The number of nitrogens with zero attached hydrogens (tertiary/aromatic N) is 5. The first kappa shape index (κ1) is 32.0. The number of aryl methyl sites for hydroxylation is 1. The molecule has 11 nitrogen and oxygen atoms in total. The molecule has 0 aliphatic carbocycles. The second kappa shape index (κ2) is 13.8. The van der Waals surface area contributed by atoms with Crippen LogP contribution >= 0.6 is 0 Å². The lowest BCUT2D eigenvalue weighted by Gasteiger charge is -2.41. The van der Waals surface area contributed by atoms with Crippen molar-refractivity contribution in [3.8, 4) is 23.3 Å². The van der Waals surface area contributed by atoms with Gasteiger partial charge in [0.1, 0.15) is 42.8 Å². The summed E-state index contributed by atoms with van der Waals surface area (Å²) in [6.45, 7) is 6.84. The molecule has 0 bridgehead atoms. The van der Waals surface area contributed by atoms with E-state index in [9.17, 15) is 23.3 Å². The first-order chi connectivity index (χ1) is 22.6. The minimum atomic E-state index is -4.72. The summed E-state index contributed by atoms with van der Waals surface area (Å²) in [4.78, 5) is 19.2. The Morgan fingerprint density at radius 3 is 2.26 bits per heavy atom. The number of nitro groups is 1. The van der Waals surface area contributed by atoms with E-state index in [2.05, 4.69) is 38.6 Å². The van der Waals surface area contributed by atoms with Crippen LogP contribution in [0.5, 0.6) is 23.3 Å². The van der Waals surface area contributed by atoms with Gasteiger partial charge >= 0.3 is 18.2 Å². The van der Waals surface area contributed by atoms with Crippen LogP contribution in [0, 0.1) is 10.1 Å². The molecule has 2 aliphatic heterocycles. The molecule has 1 fully saturated rings. The normalized spacial score (nSPS) is 18.3. The Hall–Kier alpha value is -4.98. The largest absolute Gasteiger partial charge is 0.573 e. The van der Waals surface area contributed by atoms with Crippen LogP contribution in [0.3, 0.4) is 0 Å². The van der Waals surface area contributed by atoms with E-state index in [1.54, 1.807) is 16.7 Å². The highest BCUT2D eigenvalue weighted by Crippen LogP contribution is 2.28. The van der Waals surface area contributed by atoms with Crippen LogP contribution in [0.15, 0.2) is 79.0 Å². The van der Waals surface area contributed by atoms with Gasteiger partial charge in [-0.3, -0.25) is 9.47 Å². The van der Waals surface area contributed by atoms with Crippen LogP contribution < -0.4 is 23.8 Å². The predicted octanol–water partition coefficient (Wildman–Crippen LogP) is 6.21. The monoisotopic (exact) mass is 653 g/mol. The van der Waals surface area contributed by atoms with Crippen LogP contribution in [-0.2, 0) is 19.7 Å². The van der Waals surface area contributed by atoms with Gasteiger partial charge in [-0.25, -0.2) is 0 Å². The fourth-order valence-electron chi connectivity index (χ4n) is 5.72. The van der Waals surface area contributed by atoms with E-state index in [1.165, 1.54) is 18.3 Å². The van der Waals surface area contributed by atoms with E-state index >= 15 is 0 Å². The van der Waals surface area contributed by atoms with Crippen molar-refractivity contribution in [3.63, 3.8) is 0 Å². The fourth-order valence-corrected chi connectivity index (χ4v) is 5.72. The number of halogens is 3. The van der Waals surface area contributed by atoms with Crippen molar-refractivity contribution in [2.24, 2.45) is 0 Å². The van der Waals surface area contributed by atoms with Gasteiger partial charge in [0.2, 0.25) is 0 Å². The summed E-state index contributed by atoms with van der Waals surface area (Å²) in [5, 5.41) is 11.0. The molecule has 1 saturated heterocycles. The van der Waals surface area contributed by atoms with Gasteiger partial charge < -0.3 is 34.0 Å². The third-order valence-corrected chi connectivity index (χ3v) is 8.09. The average Bonchev–Trinajstić information content (AvgIpc) is 3.48. The molecule has 1 aromatic heterocycles. The van der Waals surface area contributed by atoms with Gasteiger partial charge in [0, 0.05) is 55.9 Å². The van der Waals surface area contributed by atoms with E-state index in [4.69, 9.17) is 14.2 Å². The summed E-state index contributed by atoms with van der Waals surface area (Å²) in [6, 6.07) is 22.1. The highest BCUT2D eigenvalue weighted by molar-refractivity contribution is 5.50. The third kappa shape index (κ3) is 8.44. The van der Waals surface area contributed by atoms with Crippen LogP contribution in [0.25, 0.3) is 0 Å². The standard InChI is InChI=1S/C33H34F3N5O6/c1-23-18-38(19-24-2-8-27(9-3-24)44-21-25-4-10-29(11-5-25)47-33(34,35)36)16-17-40(23)26-6-12-28(13-7-26)45-22-30-14-15-39-20-31(41(42)43)37-32(39)46-30/h2-13,20,23,30H,14-19,21-22H2,1H3/t23-,30-/m0/s1. The minimum Gasteiger partial charge on any atom is -0.490 e. The molecule has 0 N–H and O–H groups in total. The smallest absolute Gasteiger partial charge is 0.490 e. The summed E-state index contributed by atoms with van der Waals surface area (Å²) in [7, 11) is 0. The quantitative estimate of drug-likeness (QED) is 0.138. The molecule has 0 amide bonds. The Labute approximate surface area is 269 Å². The molecule has 0 spiro atoms. The lowest BCUT2D eigenvalue weighted by molar-refractivity contribution is -0.389. The number of hydrogen-bond donors (Lipinski definition) is 0. The second-order valence-electron chi connectivity index (χ2n) is 11.6. The third-order valence-electron chi connectivity index (χ3n) is 8.09. The van der Waals surface area contributed by atoms with Crippen molar-refractivity contribution in [2.45, 2.75) is 51.5 Å². The minimum absolute atomic E-state index is 0.222. The molecule has 0 radical (unpaired) electrons. The summed E-state index contributed by atoms with van der Waals surface area (Å²) in [5.41, 5.74) is 3.02. The number of piperazine rings is 1. The number of imidazole rings is 1. The van der Waals surface area contributed by atoms with E-state index < -0.39 is 11.3 Å². The maximum Gasteiger partial charge on any atom is 0.573 e. The zero-order valence-electron chi connectivity index (χ0n) is 25.6. The first-order valence-corrected chi connectivity index (χ1v) is 15.2. The Morgan fingerprint density at radius 1 is 0.915 bits per heavy atom. The molecule has 6 rings (SSSR count). The maximum atomic E-state index is 12.3. The van der Waals surface area contributed by atoms with Gasteiger partial charge in [-0.15, -0.1) is 13.2 Å². The number of hydrogen-bond acceptors (Lipinski definition) is 9. The molecule has 2 atom stereocenters. The lowest BCUT2D eigenvalue weighted by atomic mass is 10.1. The second-order valence-corrected chi connectivity index (χ2v) is 11.6. The highest BCUT2D eigenvalue weighted by Gasteiger charge is 2.31. The summed E-state index contributed by atoms with van der Waals surface area (Å²) < 4.78 is 60.2. The Bertz CT molecular complexity index is 1650. The molecule has 3 aromatic carbocycles. The van der Waals surface area contributed by atoms with Crippen LogP contribution in [-0.4, -0.2) is 64.1 Å². The number of aromatic nitrogens is 2. The molecule has 3 heterocycles. The molecular formula is C33H34F3N5O6. The van der Waals surface area contributed by atoms with Gasteiger partial charge in [0.15, 0.2) is 0 Å². The molecule has 14 heteroatoms. The van der Waals surface area contributed by atoms with Crippen molar-refractivity contribution in [1.82, 2.24) is 14.5 Å². The lowest BCUT2D eigenvalue weighted by Crippen LogP contribution is -2.51. The molecule has 0 saturated carbocycles. The van der Waals surface area contributed by atoms with Gasteiger partial charge in [0.25, 0.3) is 0 Å². The van der Waals surface area contributed by atoms with Crippen molar-refractivity contribution in [3.05, 3.63) is 100 Å². The van der Waals surface area contributed by atoms with Crippen molar-refractivity contribution >= 4 is 11.5 Å². The fraction of sp³-hybridized carbons (Fsp3) is 0.364. The van der Waals surface area contributed by atoms with Crippen LogP contribution in [0.1, 0.15) is 24.5 Å². The zero-order chi connectivity index (χ0) is 33.0. The summed E-state index contributed by atoms with van der Waals surface area (Å²) >= 11 is 0. The van der Waals surface area contributed by atoms with E-state index in [0.29, 0.717) is 31.4 Å². The molecule has 0 unspecified atom stereocenters. The number of rotatable bonds is 11. The molecule has 4 aromatic rings. The van der Waals surface area contributed by atoms with Crippen molar-refractivity contribution < 1.29 is 37.0 Å².